The molecular formula is C16H20ClN3O4. The Labute approximate surface area is 145 Å². The fourth-order valence-electron chi connectivity index (χ4n) is 2.56. The van der Waals surface area contributed by atoms with E-state index >= 15 is 0 Å². The molecule has 0 bridgehead atoms. The number of rotatable bonds is 6. The van der Waals surface area contributed by atoms with Crippen LogP contribution >= 0.6 is 11.6 Å². The molecule has 4 amide bonds. The second kappa shape index (κ2) is 7.19. The van der Waals surface area contributed by atoms with E-state index in [4.69, 9.17) is 16.3 Å². The molecule has 1 heterocycles. The predicted octanol–water partition coefficient (Wildman–Crippen LogP) is 1.94. The number of nitrogens with zero attached hydrogens (tertiary/aromatic N) is 3. The first-order chi connectivity index (χ1) is 11.3. The zero-order valence-electron chi connectivity index (χ0n) is 14.1. The van der Waals surface area contributed by atoms with Gasteiger partial charge in [0.2, 0.25) is 0 Å². The van der Waals surface area contributed by atoms with Gasteiger partial charge in [-0.15, -0.1) is 0 Å². The van der Waals surface area contributed by atoms with E-state index in [9.17, 15) is 14.4 Å². The molecule has 0 N–H and O–H groups in total. The van der Waals surface area contributed by atoms with Crippen LogP contribution in [0.3, 0.4) is 0 Å². The smallest absolute Gasteiger partial charge is 0.335 e. The Kier molecular flexibility index (Phi) is 5.46. The molecule has 0 atom stereocenters. The molecule has 0 aliphatic carbocycles. The zero-order valence-corrected chi connectivity index (χ0v) is 14.8. The van der Waals surface area contributed by atoms with Crippen molar-refractivity contribution in [3.63, 3.8) is 0 Å². The zero-order chi connectivity index (χ0) is 18.0. The van der Waals surface area contributed by atoms with Crippen molar-refractivity contribution in [2.24, 2.45) is 0 Å². The number of ether oxygens (including phenoxy) is 1. The van der Waals surface area contributed by atoms with Crippen LogP contribution in [0.1, 0.15) is 19.4 Å². The highest BCUT2D eigenvalue weighted by atomic mass is 35.5. The van der Waals surface area contributed by atoms with Gasteiger partial charge in [-0.3, -0.25) is 19.4 Å². The number of hydrogen-bond donors (Lipinski definition) is 0. The maximum absolute atomic E-state index is 12.3. The summed E-state index contributed by atoms with van der Waals surface area (Å²) < 4.78 is 5.28. The topological polar surface area (TPSA) is 70.2 Å². The SMILES string of the molecule is COc1ccc(Cl)cc1CN(C)CN1C(=O)C(=O)N(C(C)C)C1=O. The Bertz CT molecular complexity index is 677. The quantitative estimate of drug-likeness (QED) is 0.577. The lowest BCUT2D eigenvalue weighted by atomic mass is 10.2. The van der Waals surface area contributed by atoms with Gasteiger partial charge in [0.25, 0.3) is 0 Å². The van der Waals surface area contributed by atoms with Gasteiger partial charge in [-0.1, -0.05) is 11.6 Å². The first-order valence-electron chi connectivity index (χ1n) is 7.46. The largest absolute Gasteiger partial charge is 0.496 e. The predicted molar refractivity (Wildman–Crippen MR) is 88.6 cm³/mol. The Morgan fingerprint density at radius 2 is 1.88 bits per heavy atom. The molecule has 1 saturated heterocycles. The van der Waals surface area contributed by atoms with Gasteiger partial charge in [-0.05, 0) is 39.1 Å². The summed E-state index contributed by atoms with van der Waals surface area (Å²) in [6.07, 6.45) is 0. The summed E-state index contributed by atoms with van der Waals surface area (Å²) in [6.45, 7) is 3.78. The molecule has 0 saturated carbocycles. The van der Waals surface area contributed by atoms with Crippen LogP contribution in [0.2, 0.25) is 5.02 Å². The highest BCUT2D eigenvalue weighted by molar-refractivity contribution is 6.44. The number of imide groups is 2. The van der Waals surface area contributed by atoms with Crippen molar-refractivity contribution >= 4 is 29.4 Å². The van der Waals surface area contributed by atoms with Gasteiger partial charge >= 0.3 is 17.8 Å². The van der Waals surface area contributed by atoms with E-state index in [1.807, 2.05) is 0 Å². The second-order valence-corrected chi connectivity index (χ2v) is 6.33. The maximum Gasteiger partial charge on any atom is 0.335 e. The second-order valence-electron chi connectivity index (χ2n) is 5.90. The molecule has 0 radical (unpaired) electrons. The third kappa shape index (κ3) is 3.52. The number of urea groups is 1. The Morgan fingerprint density at radius 3 is 2.42 bits per heavy atom. The lowest BCUT2D eigenvalue weighted by molar-refractivity contribution is -0.144. The molecule has 0 spiro atoms. The van der Waals surface area contributed by atoms with Crippen molar-refractivity contribution < 1.29 is 19.1 Å². The van der Waals surface area contributed by atoms with Crippen molar-refractivity contribution in [1.82, 2.24) is 14.7 Å². The number of carbonyl (C=O) groups is 3. The van der Waals surface area contributed by atoms with E-state index in [1.165, 1.54) is 0 Å². The first kappa shape index (κ1) is 18.2. The molecule has 0 unspecified atom stereocenters. The van der Waals surface area contributed by atoms with E-state index in [0.717, 1.165) is 15.4 Å². The van der Waals surface area contributed by atoms with Crippen LogP contribution in [0.4, 0.5) is 4.79 Å². The Balaban J connectivity index is 2.11. The minimum Gasteiger partial charge on any atom is -0.496 e. The van der Waals surface area contributed by atoms with Crippen LogP contribution in [0.25, 0.3) is 0 Å². The van der Waals surface area contributed by atoms with Crippen molar-refractivity contribution in [3.8, 4) is 5.75 Å². The summed E-state index contributed by atoms with van der Waals surface area (Å²) in [5.41, 5.74) is 0.818. The van der Waals surface area contributed by atoms with E-state index in [1.54, 1.807) is 51.1 Å². The molecule has 1 aliphatic rings. The number of methoxy groups -OCH3 is 1. The maximum atomic E-state index is 12.3. The van der Waals surface area contributed by atoms with Crippen LogP contribution in [0.15, 0.2) is 18.2 Å². The lowest BCUT2D eigenvalue weighted by Crippen LogP contribution is -2.41. The van der Waals surface area contributed by atoms with Crippen LogP contribution in [0, 0.1) is 0 Å². The van der Waals surface area contributed by atoms with Crippen molar-refractivity contribution in [2.75, 3.05) is 20.8 Å². The Morgan fingerprint density at radius 1 is 1.21 bits per heavy atom. The fraction of sp³-hybridized carbons (Fsp3) is 0.438. The summed E-state index contributed by atoms with van der Waals surface area (Å²) in [4.78, 5) is 39.9. The number of benzene rings is 1. The molecule has 1 aromatic rings. The van der Waals surface area contributed by atoms with Crippen LogP contribution in [-0.4, -0.2) is 59.4 Å². The number of amides is 4. The van der Waals surface area contributed by atoms with Crippen molar-refractivity contribution in [1.29, 1.82) is 0 Å². The molecule has 8 heteroatoms. The Hall–Kier alpha value is -2.12. The molecular weight excluding hydrogens is 334 g/mol. The standard InChI is InChI=1S/C16H20ClN3O4/c1-10(2)20-15(22)14(21)19(16(20)23)9-18(3)8-11-7-12(17)5-6-13(11)24-4/h5-7,10H,8-9H2,1-4H3. The number of hydrogen-bond acceptors (Lipinski definition) is 5. The lowest BCUT2D eigenvalue weighted by Gasteiger charge is -2.24. The van der Waals surface area contributed by atoms with Gasteiger partial charge in [0.1, 0.15) is 5.75 Å². The van der Waals surface area contributed by atoms with Crippen molar-refractivity contribution in [2.45, 2.75) is 26.4 Å². The highest BCUT2D eigenvalue weighted by Crippen LogP contribution is 2.24. The molecule has 130 valence electrons. The van der Waals surface area contributed by atoms with Gasteiger partial charge in [0.15, 0.2) is 0 Å². The summed E-state index contributed by atoms with van der Waals surface area (Å²) in [6, 6.07) is 4.27. The van der Waals surface area contributed by atoms with Crippen LogP contribution < -0.4 is 4.74 Å². The third-order valence-electron chi connectivity index (χ3n) is 3.67. The third-order valence-corrected chi connectivity index (χ3v) is 3.90. The normalized spacial score (nSPS) is 15.2. The molecule has 1 aliphatic heterocycles. The minimum absolute atomic E-state index is 0.00228. The minimum atomic E-state index is -0.807. The van der Waals surface area contributed by atoms with Gasteiger partial charge in [-0.2, -0.15) is 0 Å². The summed E-state index contributed by atoms with van der Waals surface area (Å²) in [5.74, 6) is -0.937. The fourth-order valence-corrected chi connectivity index (χ4v) is 2.75. The van der Waals surface area contributed by atoms with Gasteiger partial charge in [0, 0.05) is 23.2 Å². The number of carbonyl (C=O) groups excluding carboxylic acids is 3. The average molecular weight is 354 g/mol. The van der Waals surface area contributed by atoms with E-state index in [2.05, 4.69) is 0 Å². The number of halogens is 1. The van der Waals surface area contributed by atoms with Gasteiger partial charge in [-0.25, -0.2) is 9.69 Å². The van der Waals surface area contributed by atoms with Gasteiger partial charge < -0.3 is 4.74 Å². The molecule has 1 fully saturated rings. The average Bonchev–Trinajstić information content (AvgIpc) is 2.71. The van der Waals surface area contributed by atoms with Crippen molar-refractivity contribution in [3.05, 3.63) is 28.8 Å². The molecule has 2 rings (SSSR count). The monoisotopic (exact) mass is 353 g/mol. The molecule has 1 aromatic carbocycles. The first-order valence-corrected chi connectivity index (χ1v) is 7.84. The van der Waals surface area contributed by atoms with Crippen LogP contribution in [0.5, 0.6) is 5.75 Å². The van der Waals surface area contributed by atoms with E-state index < -0.39 is 17.8 Å². The highest BCUT2D eigenvalue weighted by Gasteiger charge is 2.45. The summed E-state index contributed by atoms with van der Waals surface area (Å²) in [5, 5.41) is 0.564. The molecule has 24 heavy (non-hydrogen) atoms. The van der Waals surface area contributed by atoms with E-state index in [-0.39, 0.29) is 12.7 Å². The van der Waals surface area contributed by atoms with E-state index in [0.29, 0.717) is 17.3 Å². The summed E-state index contributed by atoms with van der Waals surface area (Å²) in [7, 11) is 3.29. The summed E-state index contributed by atoms with van der Waals surface area (Å²) >= 11 is 6.00. The molecule has 0 aromatic heterocycles. The van der Waals surface area contributed by atoms with Crippen LogP contribution in [-0.2, 0) is 16.1 Å². The van der Waals surface area contributed by atoms with Gasteiger partial charge in [0.05, 0.1) is 13.8 Å². The molecule has 7 nitrogen and oxygen atoms in total.